The molecule has 0 spiro atoms. The second-order valence-electron chi connectivity index (χ2n) is 9.37. The van der Waals surface area contributed by atoms with Crippen molar-refractivity contribution < 1.29 is 4.79 Å². The van der Waals surface area contributed by atoms with Gasteiger partial charge in [0.25, 0.3) is 0 Å². The van der Waals surface area contributed by atoms with Crippen molar-refractivity contribution in [3.8, 4) is 33.2 Å². The molecule has 9 nitrogen and oxygen atoms in total. The lowest BCUT2D eigenvalue weighted by atomic mass is 10.1. The van der Waals surface area contributed by atoms with Crippen molar-refractivity contribution in [2.75, 3.05) is 5.32 Å². The lowest BCUT2D eigenvalue weighted by Gasteiger charge is -2.11. The van der Waals surface area contributed by atoms with Crippen LogP contribution in [0.4, 0.5) is 5.69 Å². The van der Waals surface area contributed by atoms with Crippen molar-refractivity contribution >= 4 is 56.6 Å². The molecule has 1 amide bonds. The number of nitrogens with zero attached hydrogens (tertiary/aromatic N) is 5. The summed E-state index contributed by atoms with van der Waals surface area (Å²) in [5.41, 5.74) is 6.73. The molecule has 11 heteroatoms. The van der Waals surface area contributed by atoms with Crippen molar-refractivity contribution in [2.45, 2.75) is 25.7 Å². The molecule has 7 rings (SSSR count). The topological polar surface area (TPSA) is 125 Å². The van der Waals surface area contributed by atoms with Crippen LogP contribution < -0.4 is 5.32 Å². The van der Waals surface area contributed by atoms with Gasteiger partial charge in [-0.1, -0.05) is 24.4 Å². The minimum atomic E-state index is 0.0607. The first-order valence-electron chi connectivity index (χ1n) is 12.3. The SMILES string of the molecule is O=C(Nc1cncc(-c2ccc3[nH]nc(-c4nc5c(-c6ccc(Cl)s6)cncc5[nH]4)c3n2)c1)C1CCCC1. The van der Waals surface area contributed by atoms with Gasteiger partial charge in [-0.3, -0.25) is 19.9 Å². The van der Waals surface area contributed by atoms with Gasteiger partial charge in [0.15, 0.2) is 11.5 Å². The maximum atomic E-state index is 12.6. The Morgan fingerprint density at radius 2 is 1.84 bits per heavy atom. The Balaban J connectivity index is 1.24. The normalized spacial score (nSPS) is 14.0. The minimum Gasteiger partial charge on any atom is -0.335 e. The van der Waals surface area contributed by atoms with Gasteiger partial charge in [-0.15, -0.1) is 11.3 Å². The van der Waals surface area contributed by atoms with E-state index < -0.39 is 0 Å². The van der Waals surface area contributed by atoms with E-state index in [1.54, 1.807) is 24.8 Å². The maximum Gasteiger partial charge on any atom is 0.227 e. The zero-order valence-corrected chi connectivity index (χ0v) is 21.6. The number of H-pyrrole nitrogens is 2. The molecule has 38 heavy (non-hydrogen) atoms. The second kappa shape index (κ2) is 9.30. The summed E-state index contributed by atoms with van der Waals surface area (Å²) in [6.45, 7) is 0. The van der Waals surface area contributed by atoms with Crippen LogP contribution in [-0.2, 0) is 4.79 Å². The van der Waals surface area contributed by atoms with E-state index in [0.717, 1.165) is 63.9 Å². The number of imidazole rings is 1. The van der Waals surface area contributed by atoms with Gasteiger partial charge in [0.05, 0.1) is 39.1 Å². The number of thiophene rings is 1. The molecule has 0 radical (unpaired) electrons. The molecule has 6 aromatic heterocycles. The molecule has 0 atom stereocenters. The standard InChI is InChI=1S/C27H21ClN8OS/c28-22-8-7-21(38-22)17-12-30-13-20-23(17)34-26(33-20)25-24-19(35-36-25)6-5-18(32-24)15-9-16(11-29-10-15)31-27(37)14-3-1-2-4-14/h5-14H,1-4H2,(H,31,37)(H,33,34)(H,35,36). The largest absolute Gasteiger partial charge is 0.335 e. The van der Waals surface area contributed by atoms with Crippen molar-refractivity contribution in [1.82, 2.24) is 35.1 Å². The highest BCUT2D eigenvalue weighted by atomic mass is 35.5. The number of halogens is 1. The van der Waals surface area contributed by atoms with Gasteiger partial charge in [0, 0.05) is 34.3 Å². The zero-order valence-electron chi connectivity index (χ0n) is 20.0. The van der Waals surface area contributed by atoms with Crippen LogP contribution in [0.15, 0.2) is 55.1 Å². The molecule has 0 saturated heterocycles. The molecule has 1 saturated carbocycles. The van der Waals surface area contributed by atoms with Gasteiger partial charge in [-0.25, -0.2) is 9.97 Å². The maximum absolute atomic E-state index is 12.6. The third-order valence-electron chi connectivity index (χ3n) is 6.89. The first-order valence-corrected chi connectivity index (χ1v) is 13.5. The predicted molar refractivity (Wildman–Crippen MR) is 149 cm³/mol. The second-order valence-corrected chi connectivity index (χ2v) is 11.1. The monoisotopic (exact) mass is 540 g/mol. The Labute approximate surface area is 225 Å². The molecule has 188 valence electrons. The van der Waals surface area contributed by atoms with Crippen LogP contribution in [-0.4, -0.2) is 41.0 Å². The highest BCUT2D eigenvalue weighted by Crippen LogP contribution is 2.36. The number of aromatic amines is 2. The minimum absolute atomic E-state index is 0.0607. The summed E-state index contributed by atoms with van der Waals surface area (Å²) in [5, 5.41) is 10.6. The molecule has 0 aromatic carbocycles. The number of hydrogen-bond donors (Lipinski definition) is 3. The van der Waals surface area contributed by atoms with Crippen LogP contribution in [0, 0.1) is 5.92 Å². The molecule has 1 fully saturated rings. The average molecular weight is 541 g/mol. The van der Waals surface area contributed by atoms with Crippen LogP contribution >= 0.6 is 22.9 Å². The smallest absolute Gasteiger partial charge is 0.227 e. The number of nitrogens with one attached hydrogen (secondary N) is 3. The van der Waals surface area contributed by atoms with Crippen LogP contribution in [0.2, 0.25) is 4.34 Å². The Bertz CT molecular complexity index is 1820. The van der Waals surface area contributed by atoms with Gasteiger partial charge in [0.2, 0.25) is 5.91 Å². The van der Waals surface area contributed by atoms with Gasteiger partial charge < -0.3 is 10.3 Å². The highest BCUT2D eigenvalue weighted by Gasteiger charge is 2.23. The zero-order chi connectivity index (χ0) is 25.6. The summed E-state index contributed by atoms with van der Waals surface area (Å²) < 4.78 is 0.708. The van der Waals surface area contributed by atoms with E-state index in [1.165, 1.54) is 11.3 Å². The summed E-state index contributed by atoms with van der Waals surface area (Å²) in [7, 11) is 0. The number of pyridine rings is 3. The van der Waals surface area contributed by atoms with Gasteiger partial charge in [-0.2, -0.15) is 5.10 Å². The highest BCUT2D eigenvalue weighted by molar-refractivity contribution is 7.19. The summed E-state index contributed by atoms with van der Waals surface area (Å²) in [4.78, 5) is 35.4. The lowest BCUT2D eigenvalue weighted by molar-refractivity contribution is -0.119. The third kappa shape index (κ3) is 4.11. The first-order chi connectivity index (χ1) is 18.6. The Hall–Kier alpha value is -4.15. The van der Waals surface area contributed by atoms with Crippen molar-refractivity contribution in [3.63, 3.8) is 0 Å². The molecule has 6 aromatic rings. The molecule has 1 aliphatic rings. The number of anilines is 1. The van der Waals surface area contributed by atoms with Crippen LogP contribution in [0.5, 0.6) is 0 Å². The number of amides is 1. The molecule has 3 N–H and O–H groups in total. The molecule has 0 bridgehead atoms. The van der Waals surface area contributed by atoms with E-state index in [4.69, 9.17) is 21.6 Å². The number of fused-ring (bicyclic) bond motifs is 2. The predicted octanol–water partition coefficient (Wildman–Crippen LogP) is 6.47. The fourth-order valence-electron chi connectivity index (χ4n) is 4.99. The van der Waals surface area contributed by atoms with E-state index in [9.17, 15) is 4.79 Å². The quantitative estimate of drug-likeness (QED) is 0.230. The van der Waals surface area contributed by atoms with Gasteiger partial charge in [-0.05, 0) is 43.2 Å². The summed E-state index contributed by atoms with van der Waals surface area (Å²) in [6, 6.07) is 9.57. The molecular formula is C27H21ClN8OS. The van der Waals surface area contributed by atoms with E-state index in [0.29, 0.717) is 27.1 Å². The number of aromatic nitrogens is 7. The van der Waals surface area contributed by atoms with Crippen molar-refractivity contribution in [3.05, 3.63) is 59.5 Å². The van der Waals surface area contributed by atoms with Crippen molar-refractivity contribution in [1.29, 1.82) is 0 Å². The molecule has 6 heterocycles. The summed E-state index contributed by atoms with van der Waals surface area (Å²) in [5.74, 6) is 0.729. The van der Waals surface area contributed by atoms with Crippen molar-refractivity contribution in [2.24, 2.45) is 5.92 Å². The molecular weight excluding hydrogens is 520 g/mol. The molecule has 0 aliphatic heterocycles. The van der Waals surface area contributed by atoms with Crippen LogP contribution in [0.3, 0.4) is 0 Å². The Morgan fingerprint density at radius 3 is 2.68 bits per heavy atom. The molecule has 0 unspecified atom stereocenters. The van der Waals surface area contributed by atoms with E-state index >= 15 is 0 Å². The van der Waals surface area contributed by atoms with E-state index in [-0.39, 0.29) is 11.8 Å². The summed E-state index contributed by atoms with van der Waals surface area (Å²) >= 11 is 7.65. The number of carbonyl (C=O) groups excluding carboxylic acids is 1. The first kappa shape index (κ1) is 23.0. The van der Waals surface area contributed by atoms with E-state index in [1.807, 2.05) is 30.3 Å². The Kier molecular flexibility index (Phi) is 5.63. The number of rotatable bonds is 5. The average Bonchev–Trinajstić information content (AvgIpc) is 3.74. The lowest BCUT2D eigenvalue weighted by Crippen LogP contribution is -2.20. The van der Waals surface area contributed by atoms with Gasteiger partial charge in [0.1, 0.15) is 11.0 Å². The van der Waals surface area contributed by atoms with Gasteiger partial charge >= 0.3 is 0 Å². The number of hydrogen-bond acceptors (Lipinski definition) is 7. The fraction of sp³-hybridized carbons (Fsp3) is 0.185. The third-order valence-corrected chi connectivity index (χ3v) is 8.16. The van der Waals surface area contributed by atoms with Crippen LogP contribution in [0.1, 0.15) is 25.7 Å². The molecule has 1 aliphatic carbocycles. The van der Waals surface area contributed by atoms with Crippen LogP contribution in [0.25, 0.3) is 55.3 Å². The number of carbonyl (C=O) groups is 1. The van der Waals surface area contributed by atoms with E-state index in [2.05, 4.69) is 30.5 Å². The fourth-order valence-corrected chi connectivity index (χ4v) is 6.04. The Morgan fingerprint density at radius 1 is 0.974 bits per heavy atom. The summed E-state index contributed by atoms with van der Waals surface area (Å²) in [6.07, 6.45) is 11.1.